The van der Waals surface area contributed by atoms with Gasteiger partial charge in [-0.3, -0.25) is 4.79 Å². The van der Waals surface area contributed by atoms with E-state index in [2.05, 4.69) is 9.47 Å². The Bertz CT molecular complexity index is 935. The molecular formula is C21H18F4O3. The van der Waals surface area contributed by atoms with Crippen molar-refractivity contribution < 1.29 is 31.8 Å². The van der Waals surface area contributed by atoms with Crippen molar-refractivity contribution in [1.82, 2.24) is 0 Å². The standard InChI is InChI=1S/C21H18F4O3/c1-11-7-12(2)16-6-4-14(19(26)17(16)8-11)9-13-3-5-15(27-20(22)23)10-18(13)28-21(24)25/h3,5,7-10,20-21H,4,6H2,1-2H3/b14-9+. The highest BCUT2D eigenvalue weighted by Crippen LogP contribution is 2.33. The average molecular weight is 394 g/mol. The van der Waals surface area contributed by atoms with Crippen molar-refractivity contribution >= 4 is 11.9 Å². The molecule has 0 N–H and O–H groups in total. The van der Waals surface area contributed by atoms with Gasteiger partial charge in [-0.05, 0) is 62.1 Å². The summed E-state index contributed by atoms with van der Waals surface area (Å²) >= 11 is 0. The Morgan fingerprint density at radius 1 is 0.964 bits per heavy atom. The molecule has 0 fully saturated rings. The van der Waals surface area contributed by atoms with Crippen LogP contribution in [0.2, 0.25) is 0 Å². The predicted octanol–water partition coefficient (Wildman–Crippen LogP) is 5.72. The Labute approximate surface area is 159 Å². The maximum atomic E-state index is 12.9. The fraction of sp³-hybridized carbons (Fsp3) is 0.286. The van der Waals surface area contributed by atoms with Gasteiger partial charge in [-0.2, -0.15) is 17.6 Å². The van der Waals surface area contributed by atoms with Crippen LogP contribution in [0.15, 0.2) is 35.9 Å². The summed E-state index contributed by atoms with van der Waals surface area (Å²) in [5.74, 6) is -0.817. The first-order chi connectivity index (χ1) is 13.2. The van der Waals surface area contributed by atoms with Crippen molar-refractivity contribution in [3.05, 3.63) is 63.7 Å². The highest BCUT2D eigenvalue weighted by Gasteiger charge is 2.24. The van der Waals surface area contributed by atoms with Gasteiger partial charge in [0.05, 0.1) is 0 Å². The fourth-order valence-corrected chi connectivity index (χ4v) is 3.41. The molecule has 0 saturated heterocycles. The molecule has 2 aromatic rings. The Balaban J connectivity index is 1.99. The van der Waals surface area contributed by atoms with Gasteiger partial charge in [0.25, 0.3) is 0 Å². The number of Topliss-reactive ketones (excluding diaryl/α,β-unsaturated/α-hetero) is 1. The monoisotopic (exact) mass is 394 g/mol. The minimum absolute atomic E-state index is 0.177. The third-order valence-corrected chi connectivity index (χ3v) is 4.55. The van der Waals surface area contributed by atoms with E-state index in [0.29, 0.717) is 24.0 Å². The number of ketones is 1. The van der Waals surface area contributed by atoms with E-state index in [-0.39, 0.29) is 22.8 Å². The molecule has 3 rings (SSSR count). The summed E-state index contributed by atoms with van der Waals surface area (Å²) in [6.07, 6.45) is 2.56. The maximum absolute atomic E-state index is 12.9. The Hall–Kier alpha value is -2.83. The zero-order chi connectivity index (χ0) is 20.4. The normalized spacial score (nSPS) is 15.3. The van der Waals surface area contributed by atoms with E-state index in [9.17, 15) is 22.4 Å². The fourth-order valence-electron chi connectivity index (χ4n) is 3.41. The first-order valence-electron chi connectivity index (χ1n) is 8.63. The van der Waals surface area contributed by atoms with Crippen LogP contribution in [0.5, 0.6) is 11.5 Å². The van der Waals surface area contributed by atoms with Crippen molar-refractivity contribution in [2.45, 2.75) is 39.9 Å². The van der Waals surface area contributed by atoms with Gasteiger partial charge in [0.1, 0.15) is 11.5 Å². The zero-order valence-corrected chi connectivity index (χ0v) is 15.3. The van der Waals surface area contributed by atoms with E-state index in [1.165, 1.54) is 18.2 Å². The van der Waals surface area contributed by atoms with Crippen LogP contribution >= 0.6 is 0 Å². The number of ether oxygens (including phenoxy) is 2. The van der Waals surface area contributed by atoms with E-state index in [0.717, 1.165) is 22.8 Å². The van der Waals surface area contributed by atoms with Gasteiger partial charge in [-0.1, -0.05) is 11.6 Å². The van der Waals surface area contributed by atoms with Crippen LogP contribution in [0.4, 0.5) is 17.6 Å². The highest BCUT2D eigenvalue weighted by molar-refractivity contribution is 6.13. The Kier molecular flexibility index (Phi) is 5.72. The summed E-state index contributed by atoms with van der Waals surface area (Å²) in [5, 5.41) is 0. The molecule has 0 aromatic heterocycles. The largest absolute Gasteiger partial charge is 0.435 e. The van der Waals surface area contributed by atoms with Crippen molar-refractivity contribution in [1.29, 1.82) is 0 Å². The molecule has 0 radical (unpaired) electrons. The number of hydrogen-bond donors (Lipinski definition) is 0. The molecule has 0 aliphatic heterocycles. The van der Waals surface area contributed by atoms with E-state index >= 15 is 0 Å². The molecule has 0 heterocycles. The molecule has 0 saturated carbocycles. The van der Waals surface area contributed by atoms with Crippen LogP contribution in [0.1, 0.15) is 39.0 Å². The summed E-state index contributed by atoms with van der Waals surface area (Å²) in [6.45, 7) is -2.39. The van der Waals surface area contributed by atoms with E-state index in [1.807, 2.05) is 26.0 Å². The van der Waals surface area contributed by atoms with Gasteiger partial charge < -0.3 is 9.47 Å². The molecule has 148 valence electrons. The number of rotatable bonds is 5. The number of aryl methyl sites for hydroxylation is 2. The number of fused-ring (bicyclic) bond motifs is 1. The molecule has 2 aromatic carbocycles. The minimum Gasteiger partial charge on any atom is -0.435 e. The number of alkyl halides is 4. The molecule has 0 atom stereocenters. The lowest BCUT2D eigenvalue weighted by molar-refractivity contribution is -0.0543. The molecule has 0 spiro atoms. The van der Waals surface area contributed by atoms with Crippen molar-refractivity contribution in [2.75, 3.05) is 0 Å². The molecule has 0 amide bonds. The zero-order valence-electron chi connectivity index (χ0n) is 15.3. The van der Waals surface area contributed by atoms with Gasteiger partial charge in [0.2, 0.25) is 0 Å². The molecule has 0 bridgehead atoms. The molecule has 7 heteroatoms. The maximum Gasteiger partial charge on any atom is 0.387 e. The number of carbonyl (C=O) groups excluding carboxylic acids is 1. The van der Waals surface area contributed by atoms with Gasteiger partial charge in [-0.25, -0.2) is 0 Å². The molecule has 1 aliphatic rings. The van der Waals surface area contributed by atoms with Crippen molar-refractivity contribution in [3.8, 4) is 11.5 Å². The summed E-state index contributed by atoms with van der Waals surface area (Å²) in [4.78, 5) is 12.9. The number of carbonyl (C=O) groups is 1. The predicted molar refractivity (Wildman–Crippen MR) is 96.3 cm³/mol. The van der Waals surface area contributed by atoms with Crippen molar-refractivity contribution in [2.24, 2.45) is 0 Å². The van der Waals surface area contributed by atoms with Crippen LogP contribution in [0, 0.1) is 13.8 Å². The SMILES string of the molecule is Cc1cc(C)c2c(c1)C(=O)/C(=C/c1ccc(OC(F)F)cc1OC(F)F)CC2. The quantitative estimate of drug-likeness (QED) is 0.481. The lowest BCUT2D eigenvalue weighted by Crippen LogP contribution is -2.16. The third-order valence-electron chi connectivity index (χ3n) is 4.55. The molecule has 1 aliphatic carbocycles. The molecule has 28 heavy (non-hydrogen) atoms. The Morgan fingerprint density at radius 2 is 1.68 bits per heavy atom. The lowest BCUT2D eigenvalue weighted by atomic mass is 9.83. The molecular weight excluding hydrogens is 376 g/mol. The molecule has 0 unspecified atom stereocenters. The van der Waals surface area contributed by atoms with Crippen LogP contribution in [-0.4, -0.2) is 19.0 Å². The number of allylic oxidation sites excluding steroid dienone is 1. The van der Waals surface area contributed by atoms with Crippen LogP contribution in [0.25, 0.3) is 6.08 Å². The summed E-state index contributed by atoms with van der Waals surface area (Å²) in [6, 6.07) is 7.31. The van der Waals surface area contributed by atoms with Crippen LogP contribution < -0.4 is 9.47 Å². The van der Waals surface area contributed by atoms with Crippen molar-refractivity contribution in [3.63, 3.8) is 0 Å². The van der Waals surface area contributed by atoms with Crippen LogP contribution in [0.3, 0.4) is 0 Å². The first-order valence-corrected chi connectivity index (χ1v) is 8.63. The molecule has 3 nitrogen and oxygen atoms in total. The van der Waals surface area contributed by atoms with Gasteiger partial charge >= 0.3 is 13.2 Å². The average Bonchev–Trinajstić information content (AvgIpc) is 2.58. The lowest BCUT2D eigenvalue weighted by Gasteiger charge is -2.21. The summed E-state index contributed by atoms with van der Waals surface area (Å²) in [7, 11) is 0. The highest BCUT2D eigenvalue weighted by atomic mass is 19.3. The number of hydrogen-bond acceptors (Lipinski definition) is 3. The number of halogens is 4. The van der Waals surface area contributed by atoms with E-state index in [1.54, 1.807) is 0 Å². The smallest absolute Gasteiger partial charge is 0.387 e. The number of benzene rings is 2. The third kappa shape index (κ3) is 4.35. The van der Waals surface area contributed by atoms with Gasteiger partial charge in [0, 0.05) is 22.8 Å². The Morgan fingerprint density at radius 3 is 2.36 bits per heavy atom. The summed E-state index contributed by atoms with van der Waals surface area (Å²) < 4.78 is 58.9. The first kappa shape index (κ1) is 19.9. The second kappa shape index (κ2) is 8.04. The second-order valence-electron chi connectivity index (χ2n) is 6.56. The second-order valence-corrected chi connectivity index (χ2v) is 6.56. The topological polar surface area (TPSA) is 35.5 Å². The summed E-state index contributed by atoms with van der Waals surface area (Å²) in [5.41, 5.74) is 4.22. The van der Waals surface area contributed by atoms with E-state index in [4.69, 9.17) is 0 Å². The van der Waals surface area contributed by atoms with Crippen LogP contribution in [-0.2, 0) is 6.42 Å². The van der Waals surface area contributed by atoms with Gasteiger partial charge in [-0.15, -0.1) is 0 Å². The minimum atomic E-state index is -3.15. The van der Waals surface area contributed by atoms with E-state index < -0.39 is 13.2 Å². The van der Waals surface area contributed by atoms with Gasteiger partial charge in [0.15, 0.2) is 5.78 Å².